The van der Waals surface area contributed by atoms with Gasteiger partial charge >= 0.3 is 0 Å². The summed E-state index contributed by atoms with van der Waals surface area (Å²) < 4.78 is 10.1. The van der Waals surface area contributed by atoms with Crippen LogP contribution in [0.5, 0.6) is 0 Å². The number of rotatable bonds is 6. The van der Waals surface area contributed by atoms with Crippen molar-refractivity contribution in [3.63, 3.8) is 0 Å². The van der Waals surface area contributed by atoms with Crippen LogP contribution in [0.1, 0.15) is 22.5 Å². The number of hydrogen-bond acceptors (Lipinski definition) is 5. The van der Waals surface area contributed by atoms with Crippen LogP contribution in [0.2, 0.25) is 0 Å². The van der Waals surface area contributed by atoms with Crippen molar-refractivity contribution in [1.82, 2.24) is 24.3 Å². The lowest BCUT2D eigenvalue weighted by Crippen LogP contribution is -2.06. The summed E-state index contributed by atoms with van der Waals surface area (Å²) in [6.45, 7) is 5.06. The fraction of sp³-hybridized carbons (Fsp3) is 0.179. The van der Waals surface area contributed by atoms with E-state index in [0.29, 0.717) is 11.0 Å². The lowest BCUT2D eigenvalue weighted by molar-refractivity contribution is 0.489. The molecule has 0 radical (unpaired) electrons. The minimum atomic E-state index is 0.660. The number of benzene rings is 3. The van der Waals surface area contributed by atoms with Crippen LogP contribution in [-0.2, 0) is 19.3 Å². The topological polar surface area (TPSA) is 61.7 Å². The second-order valence-corrected chi connectivity index (χ2v) is 9.81. The van der Waals surface area contributed by atoms with Gasteiger partial charge in [0.05, 0.1) is 23.0 Å². The SMILES string of the molecule is Cc1ccc(C)c(Cn2c(CSc3nc4ccccc4o3)nc3ccc(-c4cnn(C)c4)cc32)c1. The summed E-state index contributed by atoms with van der Waals surface area (Å²) in [6, 6.07) is 20.9. The Hall–Kier alpha value is -3.84. The Bertz CT molecular complexity index is 1640. The first kappa shape index (κ1) is 21.7. The lowest BCUT2D eigenvalue weighted by Gasteiger charge is -2.12. The summed E-state index contributed by atoms with van der Waals surface area (Å²) in [5.41, 5.74) is 9.83. The highest BCUT2D eigenvalue weighted by atomic mass is 32.2. The molecule has 0 fully saturated rings. The molecular formula is C28H25N5OS. The third-order valence-electron chi connectivity index (χ3n) is 6.30. The number of aromatic nitrogens is 5. The minimum absolute atomic E-state index is 0.660. The summed E-state index contributed by atoms with van der Waals surface area (Å²) in [5.74, 6) is 1.66. The first-order valence-corrected chi connectivity index (χ1v) is 12.5. The van der Waals surface area contributed by atoms with Gasteiger partial charge in [-0.15, -0.1) is 0 Å². The normalized spacial score (nSPS) is 11.6. The summed E-state index contributed by atoms with van der Waals surface area (Å²) >= 11 is 1.58. The Morgan fingerprint density at radius 2 is 1.80 bits per heavy atom. The molecule has 7 heteroatoms. The minimum Gasteiger partial charge on any atom is -0.431 e. The van der Waals surface area contributed by atoms with Gasteiger partial charge in [0.2, 0.25) is 0 Å². The highest BCUT2D eigenvalue weighted by molar-refractivity contribution is 7.98. The number of thioether (sulfide) groups is 1. The predicted octanol–water partition coefficient (Wildman–Crippen LogP) is 6.54. The van der Waals surface area contributed by atoms with Gasteiger partial charge in [-0.25, -0.2) is 9.97 Å². The smallest absolute Gasteiger partial charge is 0.257 e. The van der Waals surface area contributed by atoms with Gasteiger partial charge in [-0.05, 0) is 54.8 Å². The molecule has 0 aliphatic rings. The molecule has 0 spiro atoms. The van der Waals surface area contributed by atoms with Gasteiger partial charge in [-0.3, -0.25) is 4.68 Å². The van der Waals surface area contributed by atoms with Gasteiger partial charge in [0, 0.05) is 25.4 Å². The molecule has 0 saturated carbocycles. The van der Waals surface area contributed by atoms with Gasteiger partial charge in [0.1, 0.15) is 11.3 Å². The predicted molar refractivity (Wildman–Crippen MR) is 141 cm³/mol. The van der Waals surface area contributed by atoms with Crippen LogP contribution < -0.4 is 0 Å². The van der Waals surface area contributed by atoms with Gasteiger partial charge < -0.3 is 8.98 Å². The van der Waals surface area contributed by atoms with E-state index in [1.165, 1.54) is 16.7 Å². The Kier molecular flexibility index (Phi) is 5.41. The van der Waals surface area contributed by atoms with Gasteiger partial charge in [-0.2, -0.15) is 5.10 Å². The summed E-state index contributed by atoms with van der Waals surface area (Å²) in [4.78, 5) is 9.65. The maximum Gasteiger partial charge on any atom is 0.257 e. The Balaban J connectivity index is 1.41. The highest BCUT2D eigenvalue weighted by Gasteiger charge is 2.16. The second-order valence-electron chi connectivity index (χ2n) is 8.89. The van der Waals surface area contributed by atoms with Crippen LogP contribution in [0, 0.1) is 13.8 Å². The monoisotopic (exact) mass is 479 g/mol. The number of oxazole rings is 1. The molecule has 0 saturated heterocycles. The standard InChI is InChI=1S/C28H25N5OS/c1-18-8-9-19(2)21(12-18)16-33-25-13-20(22-14-29-32(3)15-22)10-11-23(25)30-27(33)17-35-28-31-24-6-4-5-7-26(24)34-28/h4-15H,16-17H2,1-3H3. The van der Waals surface area contributed by atoms with E-state index < -0.39 is 0 Å². The van der Waals surface area contributed by atoms with Gasteiger partial charge in [0.15, 0.2) is 5.58 Å². The maximum absolute atomic E-state index is 5.94. The summed E-state index contributed by atoms with van der Waals surface area (Å²) in [6.07, 6.45) is 3.94. The van der Waals surface area contributed by atoms with Crippen molar-refractivity contribution < 1.29 is 4.42 Å². The molecule has 0 N–H and O–H groups in total. The molecule has 3 aromatic heterocycles. The molecule has 3 heterocycles. The zero-order valence-corrected chi connectivity index (χ0v) is 20.7. The molecule has 0 bridgehead atoms. The van der Waals surface area contributed by atoms with Crippen LogP contribution in [0.25, 0.3) is 33.3 Å². The van der Waals surface area contributed by atoms with Crippen molar-refractivity contribution in [3.05, 3.63) is 95.6 Å². The summed E-state index contributed by atoms with van der Waals surface area (Å²) in [5, 5.41) is 5.00. The number of hydrogen-bond donors (Lipinski definition) is 0. The molecular weight excluding hydrogens is 454 g/mol. The molecule has 6 nitrogen and oxygen atoms in total. The molecule has 6 rings (SSSR count). The van der Waals surface area contributed by atoms with E-state index in [2.05, 4.69) is 64.9 Å². The van der Waals surface area contributed by atoms with E-state index in [1.807, 2.05) is 48.4 Å². The fourth-order valence-electron chi connectivity index (χ4n) is 4.39. The maximum atomic E-state index is 5.94. The Morgan fingerprint density at radius 1 is 0.914 bits per heavy atom. The number of fused-ring (bicyclic) bond motifs is 2. The lowest BCUT2D eigenvalue weighted by atomic mass is 10.1. The first-order valence-electron chi connectivity index (χ1n) is 11.6. The third-order valence-corrected chi connectivity index (χ3v) is 7.12. The average Bonchev–Trinajstić information content (AvgIpc) is 3.56. The molecule has 0 atom stereocenters. The number of para-hydroxylation sites is 2. The van der Waals surface area contributed by atoms with Gasteiger partial charge in [0.25, 0.3) is 5.22 Å². The van der Waals surface area contributed by atoms with Crippen LogP contribution in [0.3, 0.4) is 0 Å². The zero-order chi connectivity index (χ0) is 23.9. The van der Waals surface area contributed by atoms with Crippen LogP contribution >= 0.6 is 11.8 Å². The second kappa shape index (κ2) is 8.74. The molecule has 0 amide bonds. The first-order chi connectivity index (χ1) is 17.0. The number of nitrogens with zero attached hydrogens (tertiary/aromatic N) is 5. The Labute approximate surface area is 207 Å². The third kappa shape index (κ3) is 4.23. The van der Waals surface area contributed by atoms with Crippen molar-refractivity contribution in [2.24, 2.45) is 7.05 Å². The molecule has 0 unspecified atom stereocenters. The van der Waals surface area contributed by atoms with E-state index >= 15 is 0 Å². The average molecular weight is 480 g/mol. The molecule has 6 aromatic rings. The van der Waals surface area contributed by atoms with Crippen LogP contribution in [0.4, 0.5) is 0 Å². The Morgan fingerprint density at radius 3 is 2.63 bits per heavy atom. The largest absolute Gasteiger partial charge is 0.431 e. The number of imidazole rings is 1. The van der Waals surface area contributed by atoms with Crippen molar-refractivity contribution >= 4 is 33.9 Å². The van der Waals surface area contributed by atoms with Crippen molar-refractivity contribution in [2.45, 2.75) is 31.4 Å². The molecule has 0 aliphatic carbocycles. The molecule has 35 heavy (non-hydrogen) atoms. The number of aryl methyl sites for hydroxylation is 3. The van der Waals surface area contributed by atoms with E-state index in [-0.39, 0.29) is 0 Å². The van der Waals surface area contributed by atoms with Crippen LogP contribution in [0.15, 0.2) is 82.7 Å². The quantitative estimate of drug-likeness (QED) is 0.254. The van der Waals surface area contributed by atoms with Crippen molar-refractivity contribution in [2.75, 3.05) is 0 Å². The van der Waals surface area contributed by atoms with E-state index in [0.717, 1.165) is 45.6 Å². The molecule has 3 aromatic carbocycles. The van der Waals surface area contributed by atoms with E-state index in [4.69, 9.17) is 9.40 Å². The highest BCUT2D eigenvalue weighted by Crippen LogP contribution is 2.30. The van der Waals surface area contributed by atoms with Crippen molar-refractivity contribution in [3.8, 4) is 11.1 Å². The van der Waals surface area contributed by atoms with Gasteiger partial charge in [-0.1, -0.05) is 53.7 Å². The van der Waals surface area contributed by atoms with E-state index in [1.54, 1.807) is 11.8 Å². The molecule has 0 aliphatic heterocycles. The fourth-order valence-corrected chi connectivity index (χ4v) is 5.17. The van der Waals surface area contributed by atoms with E-state index in [9.17, 15) is 0 Å². The van der Waals surface area contributed by atoms with Crippen LogP contribution in [-0.4, -0.2) is 24.3 Å². The molecule has 174 valence electrons. The van der Waals surface area contributed by atoms with Crippen molar-refractivity contribution in [1.29, 1.82) is 0 Å². The summed E-state index contributed by atoms with van der Waals surface area (Å²) in [7, 11) is 1.94. The zero-order valence-electron chi connectivity index (χ0n) is 19.9.